The maximum Gasteiger partial charge on any atom is 0.147 e. The Hall–Kier alpha value is -2.30. The van der Waals surface area contributed by atoms with Crippen molar-refractivity contribution < 1.29 is 17.6 Å². The van der Waals surface area contributed by atoms with Crippen molar-refractivity contribution >= 4 is 34.8 Å². The van der Waals surface area contributed by atoms with E-state index < -0.39 is 23.6 Å². The first-order valence-electron chi connectivity index (χ1n) is 9.16. The summed E-state index contributed by atoms with van der Waals surface area (Å²) in [6, 6.07) is 7.04. The van der Waals surface area contributed by atoms with Crippen molar-refractivity contribution in [3.8, 4) is 0 Å². The Bertz CT molecular complexity index is 987. The van der Waals surface area contributed by atoms with Gasteiger partial charge in [0.05, 0.1) is 5.51 Å². The van der Waals surface area contributed by atoms with Crippen molar-refractivity contribution in [3.05, 3.63) is 69.8 Å². The third-order valence-corrected chi connectivity index (χ3v) is 6.17. The van der Waals surface area contributed by atoms with E-state index in [4.69, 9.17) is 0 Å². The lowest BCUT2D eigenvalue weighted by Crippen LogP contribution is -2.47. The molecule has 2 aromatic carbocycles. The molecule has 2 N–H and O–H groups in total. The van der Waals surface area contributed by atoms with Gasteiger partial charge in [-0.25, -0.2) is 22.5 Å². The molecule has 1 aromatic heterocycles. The van der Waals surface area contributed by atoms with E-state index in [0.717, 1.165) is 29.6 Å². The van der Waals surface area contributed by atoms with Crippen LogP contribution in [0, 0.1) is 17.5 Å². The molecule has 1 aliphatic heterocycles. The van der Waals surface area contributed by atoms with E-state index in [2.05, 4.69) is 15.0 Å². The average Bonchev–Trinajstić information content (AvgIpc) is 3.19. The second-order valence-electron chi connectivity index (χ2n) is 6.87. The van der Waals surface area contributed by atoms with Crippen LogP contribution in [0.3, 0.4) is 0 Å². The quantitative estimate of drug-likeness (QED) is 0.350. The maximum absolute atomic E-state index is 14.4. The molecule has 0 amide bonds. The second-order valence-corrected chi connectivity index (χ2v) is 8.40. The first-order chi connectivity index (χ1) is 14.5. The zero-order chi connectivity index (χ0) is 21.1. The summed E-state index contributed by atoms with van der Waals surface area (Å²) in [4.78, 5) is 5.69. The van der Waals surface area contributed by atoms with E-state index in [0.29, 0.717) is 31.0 Å². The molecule has 30 heavy (non-hydrogen) atoms. The van der Waals surface area contributed by atoms with E-state index in [1.54, 1.807) is 23.0 Å². The molecular formula is C20H18F4N4S2. The molecule has 1 aliphatic rings. The third kappa shape index (κ3) is 4.88. The fraction of sp³-hybridized carbons (Fsp3) is 0.250. The molecule has 4 nitrogen and oxygen atoms in total. The van der Waals surface area contributed by atoms with E-state index >= 15 is 0 Å². The van der Waals surface area contributed by atoms with E-state index in [1.165, 1.54) is 17.4 Å². The Kier molecular flexibility index (Phi) is 6.45. The number of thiazole rings is 1. The fourth-order valence-corrected chi connectivity index (χ4v) is 4.33. The van der Waals surface area contributed by atoms with Gasteiger partial charge in [0.25, 0.3) is 0 Å². The summed E-state index contributed by atoms with van der Waals surface area (Å²) < 4.78 is 59.0. The molecule has 10 heteroatoms. The van der Waals surface area contributed by atoms with Crippen molar-refractivity contribution in [2.75, 3.05) is 23.1 Å². The van der Waals surface area contributed by atoms with Crippen LogP contribution in [0.25, 0.3) is 0 Å². The van der Waals surface area contributed by atoms with Crippen molar-refractivity contribution in [2.24, 2.45) is 0 Å². The van der Waals surface area contributed by atoms with E-state index in [1.807, 2.05) is 4.90 Å². The largest absolute Gasteiger partial charge is 0.381 e. The molecule has 0 radical (unpaired) electrons. The van der Waals surface area contributed by atoms with Gasteiger partial charge < -0.3 is 10.0 Å². The number of hydrogen-bond donors (Lipinski definition) is 2. The number of hydrogen-bond acceptors (Lipinski definition) is 6. The van der Waals surface area contributed by atoms with Crippen LogP contribution in [-0.2, 0) is 13.1 Å². The predicted molar refractivity (Wildman–Crippen MR) is 112 cm³/mol. The van der Waals surface area contributed by atoms with Crippen LogP contribution >= 0.6 is 23.3 Å². The smallest absolute Gasteiger partial charge is 0.147 e. The fourth-order valence-electron chi connectivity index (χ4n) is 3.14. The Morgan fingerprint density at radius 3 is 2.57 bits per heavy atom. The van der Waals surface area contributed by atoms with Crippen LogP contribution in [0.4, 0.5) is 29.1 Å². The minimum absolute atomic E-state index is 0.0529. The van der Waals surface area contributed by atoms with Crippen molar-refractivity contribution in [2.45, 2.75) is 24.2 Å². The predicted octanol–water partition coefficient (Wildman–Crippen LogP) is 5.45. The first kappa shape index (κ1) is 21.0. The number of alkyl halides is 1. The Morgan fingerprint density at radius 2 is 1.90 bits per heavy atom. The topological polar surface area (TPSA) is 40.2 Å². The lowest BCUT2D eigenvalue weighted by Gasteiger charge is -2.34. The standard InChI is InChI=1S/C20H18F4N4S2/c21-13-8-28(9-13)7-12-2-1-3-16(22)15(12)6-25-14-4-17(23)20(18(24)5-14)30-27-19-10-29-11-26-19/h1-5,10-11,13,25,27H,6-9H2. The van der Waals surface area contributed by atoms with Crippen molar-refractivity contribution in [1.29, 1.82) is 0 Å². The number of rotatable bonds is 8. The van der Waals surface area contributed by atoms with Gasteiger partial charge in [-0.3, -0.25) is 4.90 Å². The van der Waals surface area contributed by atoms with Crippen LogP contribution in [-0.4, -0.2) is 29.1 Å². The molecule has 1 fully saturated rings. The van der Waals surface area contributed by atoms with Gasteiger partial charge in [0.2, 0.25) is 0 Å². The van der Waals surface area contributed by atoms with Gasteiger partial charge in [0.1, 0.15) is 34.3 Å². The maximum atomic E-state index is 14.4. The Morgan fingerprint density at radius 1 is 1.13 bits per heavy atom. The van der Waals surface area contributed by atoms with Gasteiger partial charge in [-0.05, 0) is 35.7 Å². The molecule has 0 saturated carbocycles. The highest BCUT2D eigenvalue weighted by atomic mass is 32.2. The molecule has 0 atom stereocenters. The van der Waals surface area contributed by atoms with Crippen LogP contribution < -0.4 is 10.0 Å². The number of anilines is 2. The lowest BCUT2D eigenvalue weighted by molar-refractivity contribution is 0.0588. The SMILES string of the molecule is Fc1cccc(CN2CC(F)C2)c1CNc1cc(F)c(SNc2cscn2)c(F)c1. The monoisotopic (exact) mass is 454 g/mol. The number of aromatic nitrogens is 1. The molecular weight excluding hydrogens is 436 g/mol. The molecule has 158 valence electrons. The van der Waals surface area contributed by atoms with E-state index in [-0.39, 0.29) is 17.1 Å². The summed E-state index contributed by atoms with van der Waals surface area (Å²) in [5.74, 6) is -1.39. The second kappa shape index (κ2) is 9.23. The van der Waals surface area contributed by atoms with Gasteiger partial charge >= 0.3 is 0 Å². The molecule has 4 rings (SSSR count). The molecule has 0 spiro atoms. The number of likely N-dealkylation sites (tertiary alicyclic amines) is 1. The lowest BCUT2D eigenvalue weighted by atomic mass is 10.0. The zero-order valence-electron chi connectivity index (χ0n) is 15.7. The summed E-state index contributed by atoms with van der Waals surface area (Å²) in [5.41, 5.74) is 2.92. The van der Waals surface area contributed by atoms with Crippen LogP contribution in [0.1, 0.15) is 11.1 Å². The zero-order valence-corrected chi connectivity index (χ0v) is 17.3. The average molecular weight is 455 g/mol. The summed E-state index contributed by atoms with van der Waals surface area (Å²) in [7, 11) is 0. The molecule has 0 aliphatic carbocycles. The Balaban J connectivity index is 1.43. The first-order valence-corrected chi connectivity index (χ1v) is 10.9. The highest BCUT2D eigenvalue weighted by molar-refractivity contribution is 8.00. The number of nitrogens with one attached hydrogen (secondary N) is 2. The minimum Gasteiger partial charge on any atom is -0.381 e. The Labute approximate surface area is 179 Å². The molecule has 2 heterocycles. The van der Waals surface area contributed by atoms with Gasteiger partial charge in [0.15, 0.2) is 0 Å². The summed E-state index contributed by atoms with van der Waals surface area (Å²) in [5, 5.41) is 4.61. The minimum atomic E-state index is -0.840. The van der Waals surface area contributed by atoms with E-state index in [9.17, 15) is 17.6 Å². The van der Waals surface area contributed by atoms with Gasteiger partial charge in [0, 0.05) is 42.8 Å². The summed E-state index contributed by atoms with van der Waals surface area (Å²) in [6.07, 6.45) is -0.840. The summed E-state index contributed by atoms with van der Waals surface area (Å²) >= 11 is 2.16. The number of nitrogens with zero attached hydrogens (tertiary/aromatic N) is 2. The van der Waals surface area contributed by atoms with Gasteiger partial charge in [-0.2, -0.15) is 0 Å². The number of benzene rings is 2. The van der Waals surface area contributed by atoms with Gasteiger partial charge in [-0.15, -0.1) is 11.3 Å². The van der Waals surface area contributed by atoms with Crippen LogP contribution in [0.2, 0.25) is 0 Å². The van der Waals surface area contributed by atoms with Crippen LogP contribution in [0.5, 0.6) is 0 Å². The van der Waals surface area contributed by atoms with Crippen molar-refractivity contribution in [1.82, 2.24) is 9.88 Å². The van der Waals surface area contributed by atoms with Crippen molar-refractivity contribution in [3.63, 3.8) is 0 Å². The third-order valence-electron chi connectivity index (χ3n) is 4.68. The normalized spacial score (nSPS) is 14.5. The summed E-state index contributed by atoms with van der Waals surface area (Å²) in [6.45, 7) is 1.13. The van der Waals surface area contributed by atoms with Gasteiger partial charge in [-0.1, -0.05) is 12.1 Å². The number of halogens is 4. The molecule has 3 aromatic rings. The highest BCUT2D eigenvalue weighted by Gasteiger charge is 2.26. The molecule has 0 unspecified atom stereocenters. The molecule has 0 bridgehead atoms. The molecule has 1 saturated heterocycles. The van der Waals surface area contributed by atoms with Crippen LogP contribution in [0.15, 0.2) is 46.1 Å². The highest BCUT2D eigenvalue weighted by Crippen LogP contribution is 2.30.